The minimum atomic E-state index is 0.584. The number of aryl methyl sites for hydroxylation is 3. The van der Waals surface area contributed by atoms with Crippen molar-refractivity contribution in [3.8, 4) is 0 Å². The average molecular weight is 279 g/mol. The van der Waals surface area contributed by atoms with E-state index >= 15 is 0 Å². The van der Waals surface area contributed by atoms with Gasteiger partial charge in [0.15, 0.2) is 0 Å². The lowest BCUT2D eigenvalue weighted by Gasteiger charge is -2.33. The van der Waals surface area contributed by atoms with Gasteiger partial charge in [-0.15, -0.1) is 0 Å². The van der Waals surface area contributed by atoms with Crippen molar-refractivity contribution in [1.82, 2.24) is 5.32 Å². The number of nitrogens with one attached hydrogen (secondary N) is 1. The van der Waals surface area contributed by atoms with Gasteiger partial charge in [-0.2, -0.15) is 0 Å². The lowest BCUT2D eigenvalue weighted by atomic mass is 9.76. The summed E-state index contributed by atoms with van der Waals surface area (Å²) in [6, 6.07) is 16.0. The van der Waals surface area contributed by atoms with Crippen molar-refractivity contribution in [3.63, 3.8) is 0 Å². The van der Waals surface area contributed by atoms with Gasteiger partial charge in [0.1, 0.15) is 0 Å². The van der Waals surface area contributed by atoms with E-state index in [1.54, 1.807) is 0 Å². The molecule has 2 unspecified atom stereocenters. The number of hydrogen-bond donors (Lipinski definition) is 1. The monoisotopic (exact) mass is 279 g/mol. The Morgan fingerprint density at radius 1 is 0.857 bits per heavy atom. The zero-order valence-corrected chi connectivity index (χ0v) is 13.3. The molecule has 0 amide bonds. The van der Waals surface area contributed by atoms with Crippen molar-refractivity contribution in [1.29, 1.82) is 0 Å². The quantitative estimate of drug-likeness (QED) is 0.855. The molecule has 0 aromatic heterocycles. The first-order valence-corrected chi connectivity index (χ1v) is 7.99. The van der Waals surface area contributed by atoms with Crippen molar-refractivity contribution in [3.05, 3.63) is 70.3 Å². The standard InChI is InChI=1S/C20H25N/c1-14-5-4-6-17(11-14)20-13-21-10-9-19(20)18-8-7-15(2)16(3)12-18/h4-8,11-12,19-21H,9-10,13H2,1-3H3. The van der Waals surface area contributed by atoms with Crippen LogP contribution in [0.5, 0.6) is 0 Å². The predicted molar refractivity (Wildman–Crippen MR) is 90.1 cm³/mol. The van der Waals surface area contributed by atoms with Crippen molar-refractivity contribution in [2.75, 3.05) is 13.1 Å². The number of benzene rings is 2. The van der Waals surface area contributed by atoms with Crippen LogP contribution in [0.3, 0.4) is 0 Å². The molecular formula is C20H25N. The van der Waals surface area contributed by atoms with Gasteiger partial charge in [0.2, 0.25) is 0 Å². The van der Waals surface area contributed by atoms with Crippen LogP contribution in [0.1, 0.15) is 46.1 Å². The third-order valence-corrected chi connectivity index (χ3v) is 4.91. The molecule has 1 heterocycles. The highest BCUT2D eigenvalue weighted by molar-refractivity contribution is 5.36. The van der Waals surface area contributed by atoms with Gasteiger partial charge in [0.05, 0.1) is 0 Å². The second kappa shape index (κ2) is 6.03. The van der Waals surface area contributed by atoms with E-state index in [2.05, 4.69) is 68.6 Å². The molecule has 0 aliphatic carbocycles. The first-order valence-electron chi connectivity index (χ1n) is 7.99. The molecule has 1 aliphatic rings. The van der Waals surface area contributed by atoms with Crippen LogP contribution in [0.25, 0.3) is 0 Å². The topological polar surface area (TPSA) is 12.0 Å². The summed E-state index contributed by atoms with van der Waals surface area (Å²) in [6.07, 6.45) is 1.22. The van der Waals surface area contributed by atoms with Gasteiger partial charge in [0.25, 0.3) is 0 Å². The highest BCUT2D eigenvalue weighted by atomic mass is 14.9. The van der Waals surface area contributed by atoms with Gasteiger partial charge in [-0.3, -0.25) is 0 Å². The highest BCUT2D eigenvalue weighted by Crippen LogP contribution is 2.38. The third-order valence-electron chi connectivity index (χ3n) is 4.91. The molecular weight excluding hydrogens is 254 g/mol. The second-order valence-electron chi connectivity index (χ2n) is 6.46. The summed E-state index contributed by atoms with van der Waals surface area (Å²) < 4.78 is 0. The Balaban J connectivity index is 1.96. The summed E-state index contributed by atoms with van der Waals surface area (Å²) in [4.78, 5) is 0. The van der Waals surface area contributed by atoms with E-state index in [0.29, 0.717) is 11.8 Å². The van der Waals surface area contributed by atoms with Crippen LogP contribution in [0.4, 0.5) is 0 Å². The Kier molecular flexibility index (Phi) is 4.12. The molecule has 2 atom stereocenters. The molecule has 0 bridgehead atoms. The van der Waals surface area contributed by atoms with Crippen molar-refractivity contribution in [2.45, 2.75) is 39.0 Å². The molecule has 3 rings (SSSR count). The fourth-order valence-corrected chi connectivity index (χ4v) is 3.50. The van der Waals surface area contributed by atoms with Crippen molar-refractivity contribution < 1.29 is 0 Å². The average Bonchev–Trinajstić information content (AvgIpc) is 2.50. The van der Waals surface area contributed by atoms with E-state index in [-0.39, 0.29) is 0 Å². The van der Waals surface area contributed by atoms with Crippen LogP contribution in [-0.4, -0.2) is 13.1 Å². The molecule has 2 aromatic carbocycles. The fraction of sp³-hybridized carbons (Fsp3) is 0.400. The molecule has 1 heteroatoms. The molecule has 0 radical (unpaired) electrons. The van der Waals surface area contributed by atoms with Gasteiger partial charge in [-0.1, -0.05) is 48.0 Å². The number of piperidine rings is 1. The molecule has 2 aromatic rings. The molecule has 1 fully saturated rings. The summed E-state index contributed by atoms with van der Waals surface area (Å²) >= 11 is 0. The molecule has 0 saturated carbocycles. The molecule has 110 valence electrons. The van der Waals surface area contributed by atoms with E-state index in [9.17, 15) is 0 Å². The Labute approximate surface area is 128 Å². The molecule has 1 nitrogen and oxygen atoms in total. The molecule has 0 spiro atoms. The van der Waals surface area contributed by atoms with Crippen LogP contribution in [0, 0.1) is 20.8 Å². The first kappa shape index (κ1) is 14.3. The predicted octanol–water partition coefficient (Wildman–Crippen LogP) is 4.47. The molecule has 1 saturated heterocycles. The van der Waals surface area contributed by atoms with E-state index in [0.717, 1.165) is 13.1 Å². The minimum absolute atomic E-state index is 0.584. The Hall–Kier alpha value is -1.60. The lowest BCUT2D eigenvalue weighted by Crippen LogP contribution is -2.34. The number of rotatable bonds is 2. The van der Waals surface area contributed by atoms with Crippen LogP contribution in [0.15, 0.2) is 42.5 Å². The summed E-state index contributed by atoms with van der Waals surface area (Å²) in [5.74, 6) is 1.22. The van der Waals surface area contributed by atoms with Crippen LogP contribution in [-0.2, 0) is 0 Å². The summed E-state index contributed by atoms with van der Waals surface area (Å²) in [5.41, 5.74) is 7.14. The molecule has 1 aliphatic heterocycles. The van der Waals surface area contributed by atoms with E-state index in [1.165, 1.54) is 34.2 Å². The Morgan fingerprint density at radius 3 is 2.43 bits per heavy atom. The van der Waals surface area contributed by atoms with Gasteiger partial charge < -0.3 is 5.32 Å². The highest BCUT2D eigenvalue weighted by Gasteiger charge is 2.27. The largest absolute Gasteiger partial charge is 0.316 e. The molecule has 21 heavy (non-hydrogen) atoms. The maximum Gasteiger partial charge on any atom is 0.00327 e. The van der Waals surface area contributed by atoms with Crippen LogP contribution >= 0.6 is 0 Å². The Bertz CT molecular complexity index is 629. The number of hydrogen-bond acceptors (Lipinski definition) is 1. The first-order chi connectivity index (χ1) is 10.1. The van der Waals surface area contributed by atoms with Gasteiger partial charge in [-0.25, -0.2) is 0 Å². The Morgan fingerprint density at radius 2 is 1.67 bits per heavy atom. The normalized spacial score (nSPS) is 22.2. The second-order valence-corrected chi connectivity index (χ2v) is 6.46. The lowest BCUT2D eigenvalue weighted by molar-refractivity contribution is 0.404. The van der Waals surface area contributed by atoms with Gasteiger partial charge >= 0.3 is 0 Å². The van der Waals surface area contributed by atoms with Crippen molar-refractivity contribution >= 4 is 0 Å². The van der Waals surface area contributed by atoms with Crippen LogP contribution < -0.4 is 5.32 Å². The van der Waals surface area contributed by atoms with E-state index < -0.39 is 0 Å². The summed E-state index contributed by atoms with van der Waals surface area (Å²) in [6.45, 7) is 8.81. The smallest absolute Gasteiger partial charge is 0.00327 e. The van der Waals surface area contributed by atoms with E-state index in [4.69, 9.17) is 0 Å². The summed E-state index contributed by atoms with van der Waals surface area (Å²) in [5, 5.41) is 3.58. The SMILES string of the molecule is Cc1cccc(C2CNCCC2c2ccc(C)c(C)c2)c1. The molecule has 1 N–H and O–H groups in total. The van der Waals surface area contributed by atoms with Crippen molar-refractivity contribution in [2.24, 2.45) is 0 Å². The maximum absolute atomic E-state index is 3.58. The van der Waals surface area contributed by atoms with Crippen LogP contribution in [0.2, 0.25) is 0 Å². The minimum Gasteiger partial charge on any atom is -0.316 e. The zero-order valence-electron chi connectivity index (χ0n) is 13.3. The summed E-state index contributed by atoms with van der Waals surface area (Å²) in [7, 11) is 0. The van der Waals surface area contributed by atoms with Gasteiger partial charge in [0, 0.05) is 12.5 Å². The zero-order chi connectivity index (χ0) is 14.8. The maximum atomic E-state index is 3.58. The fourth-order valence-electron chi connectivity index (χ4n) is 3.50. The third kappa shape index (κ3) is 3.03. The van der Waals surface area contributed by atoms with Gasteiger partial charge in [-0.05, 0) is 61.9 Å². The van der Waals surface area contributed by atoms with E-state index in [1.807, 2.05) is 0 Å².